The van der Waals surface area contributed by atoms with Crippen molar-refractivity contribution in [1.29, 1.82) is 0 Å². The molecule has 0 aromatic carbocycles. The summed E-state index contributed by atoms with van der Waals surface area (Å²) >= 11 is 0. The monoisotopic (exact) mass is 298 g/mol. The van der Waals surface area contributed by atoms with Gasteiger partial charge in [0.25, 0.3) is 0 Å². The maximum atomic E-state index is 12.8. The van der Waals surface area contributed by atoms with Crippen LogP contribution in [0.2, 0.25) is 0 Å². The van der Waals surface area contributed by atoms with Gasteiger partial charge in [-0.25, -0.2) is 19.9 Å². The average Bonchev–Trinajstić information content (AvgIpc) is 2.45. The lowest BCUT2D eigenvalue weighted by molar-refractivity contribution is -0.144. The molecule has 2 heterocycles. The Balaban J connectivity index is 2.19. The molecule has 2 aromatic heterocycles. The molecule has 0 saturated heterocycles. The van der Waals surface area contributed by atoms with E-state index >= 15 is 0 Å². The quantitative estimate of drug-likeness (QED) is 0.882. The number of halogens is 3. The summed E-state index contributed by atoms with van der Waals surface area (Å²) in [5, 5.41) is 5.53. The van der Waals surface area contributed by atoms with Gasteiger partial charge < -0.3 is 10.6 Å². The lowest BCUT2D eigenvalue weighted by Gasteiger charge is -2.11. The molecule has 21 heavy (non-hydrogen) atoms. The maximum Gasteiger partial charge on any atom is 0.451 e. The molecule has 0 fully saturated rings. The van der Waals surface area contributed by atoms with Gasteiger partial charge in [0.05, 0.1) is 12.2 Å². The highest BCUT2D eigenvalue weighted by molar-refractivity contribution is 5.47. The summed E-state index contributed by atoms with van der Waals surface area (Å²) in [6, 6.07) is 3.07. The molecule has 0 amide bonds. The number of hydrogen-bond donors (Lipinski definition) is 2. The van der Waals surface area contributed by atoms with Crippen molar-refractivity contribution < 1.29 is 13.2 Å². The first-order valence-electron chi connectivity index (χ1n) is 6.18. The predicted molar refractivity (Wildman–Crippen MR) is 70.6 cm³/mol. The summed E-state index contributed by atoms with van der Waals surface area (Å²) < 4.78 is 38.3. The minimum atomic E-state index is -4.60. The van der Waals surface area contributed by atoms with Gasteiger partial charge in [-0.1, -0.05) is 0 Å². The van der Waals surface area contributed by atoms with E-state index in [9.17, 15) is 13.2 Å². The fourth-order valence-corrected chi connectivity index (χ4v) is 1.54. The van der Waals surface area contributed by atoms with Crippen LogP contribution in [0.3, 0.4) is 0 Å². The van der Waals surface area contributed by atoms with Gasteiger partial charge in [0.1, 0.15) is 18.0 Å². The molecule has 112 valence electrons. The van der Waals surface area contributed by atoms with Gasteiger partial charge in [-0.05, 0) is 13.0 Å². The Morgan fingerprint density at radius 3 is 2.43 bits per heavy atom. The van der Waals surface area contributed by atoms with Crippen molar-refractivity contribution in [2.24, 2.45) is 0 Å². The van der Waals surface area contributed by atoms with E-state index in [-0.39, 0.29) is 18.2 Å². The van der Waals surface area contributed by atoms with E-state index in [4.69, 9.17) is 0 Å². The molecule has 0 radical (unpaired) electrons. The van der Waals surface area contributed by atoms with Crippen LogP contribution in [0.15, 0.2) is 24.7 Å². The molecule has 0 bridgehead atoms. The number of aromatic nitrogens is 4. The van der Waals surface area contributed by atoms with Gasteiger partial charge >= 0.3 is 6.18 Å². The average molecular weight is 298 g/mol. The van der Waals surface area contributed by atoms with Gasteiger partial charge in [0.2, 0.25) is 5.82 Å². The third-order valence-corrected chi connectivity index (χ3v) is 2.43. The molecule has 2 rings (SSSR count). The Hall–Kier alpha value is -2.45. The van der Waals surface area contributed by atoms with E-state index in [0.717, 1.165) is 0 Å². The van der Waals surface area contributed by atoms with Crippen LogP contribution in [0.1, 0.15) is 18.4 Å². The van der Waals surface area contributed by atoms with Crippen molar-refractivity contribution in [3.05, 3.63) is 36.2 Å². The highest BCUT2D eigenvalue weighted by Gasteiger charge is 2.35. The van der Waals surface area contributed by atoms with E-state index in [0.29, 0.717) is 12.2 Å². The number of nitrogens with zero attached hydrogens (tertiary/aromatic N) is 4. The summed E-state index contributed by atoms with van der Waals surface area (Å²) in [4.78, 5) is 14.6. The molecular weight excluding hydrogens is 285 g/mol. The molecule has 6 nitrogen and oxygen atoms in total. The molecule has 0 saturated carbocycles. The lowest BCUT2D eigenvalue weighted by Crippen LogP contribution is -2.15. The zero-order valence-electron chi connectivity index (χ0n) is 11.1. The van der Waals surface area contributed by atoms with Crippen molar-refractivity contribution in [3.8, 4) is 0 Å². The number of alkyl halides is 3. The Morgan fingerprint density at radius 2 is 1.86 bits per heavy atom. The molecule has 2 N–H and O–H groups in total. The second-order valence-electron chi connectivity index (χ2n) is 4.04. The van der Waals surface area contributed by atoms with Crippen molar-refractivity contribution in [3.63, 3.8) is 0 Å². The van der Waals surface area contributed by atoms with Gasteiger partial charge in [-0.3, -0.25) is 0 Å². The molecule has 0 aliphatic carbocycles. The molecule has 0 aliphatic rings. The summed E-state index contributed by atoms with van der Waals surface area (Å²) in [5.74, 6) is -0.997. The van der Waals surface area contributed by atoms with Gasteiger partial charge in [0.15, 0.2) is 0 Å². The Kier molecular flexibility index (Phi) is 4.51. The molecule has 0 unspecified atom stereocenters. The normalized spacial score (nSPS) is 11.2. The van der Waals surface area contributed by atoms with Gasteiger partial charge in [-0.2, -0.15) is 13.2 Å². The molecule has 2 aromatic rings. The zero-order chi connectivity index (χ0) is 15.3. The SMILES string of the molecule is CCNc1cc(NCc2ccncn2)nc(C(F)(F)F)n1. The minimum Gasteiger partial charge on any atom is -0.370 e. The Labute approximate surface area is 118 Å². The van der Waals surface area contributed by atoms with Crippen LogP contribution < -0.4 is 10.6 Å². The van der Waals surface area contributed by atoms with E-state index in [1.54, 1.807) is 19.2 Å². The Morgan fingerprint density at radius 1 is 1.14 bits per heavy atom. The van der Waals surface area contributed by atoms with Crippen LogP contribution in [-0.2, 0) is 12.7 Å². The smallest absolute Gasteiger partial charge is 0.370 e. The lowest BCUT2D eigenvalue weighted by atomic mass is 10.4. The standard InChI is InChI=1S/C12H13F3N6/c1-2-17-9-5-10(21-11(20-9)12(13,14)15)18-6-8-3-4-16-7-19-8/h3-5,7H,2,6H2,1H3,(H2,17,18,20,21). The fourth-order valence-electron chi connectivity index (χ4n) is 1.54. The predicted octanol–water partition coefficient (Wildman–Crippen LogP) is 2.33. The molecular formula is C12H13F3N6. The molecule has 9 heteroatoms. The molecule has 0 aliphatic heterocycles. The van der Waals surface area contributed by atoms with Crippen molar-refractivity contribution in [2.75, 3.05) is 17.2 Å². The van der Waals surface area contributed by atoms with Crippen molar-refractivity contribution in [2.45, 2.75) is 19.6 Å². The Bertz CT molecular complexity index is 587. The second kappa shape index (κ2) is 6.33. The van der Waals surface area contributed by atoms with E-state index in [1.165, 1.54) is 12.4 Å². The van der Waals surface area contributed by atoms with E-state index in [2.05, 4.69) is 30.6 Å². The second-order valence-corrected chi connectivity index (χ2v) is 4.04. The topological polar surface area (TPSA) is 75.6 Å². The highest BCUT2D eigenvalue weighted by atomic mass is 19.4. The van der Waals surface area contributed by atoms with Gasteiger partial charge in [-0.15, -0.1) is 0 Å². The minimum absolute atomic E-state index is 0.0758. The number of nitrogens with one attached hydrogen (secondary N) is 2. The molecule has 0 spiro atoms. The number of rotatable bonds is 5. The third kappa shape index (κ3) is 4.26. The highest BCUT2D eigenvalue weighted by Crippen LogP contribution is 2.28. The summed E-state index contributed by atoms with van der Waals surface area (Å²) in [5.41, 5.74) is 0.641. The first-order chi connectivity index (χ1) is 9.99. The maximum absolute atomic E-state index is 12.8. The first kappa shape index (κ1) is 14.9. The van der Waals surface area contributed by atoms with Crippen LogP contribution in [-0.4, -0.2) is 26.5 Å². The van der Waals surface area contributed by atoms with Crippen LogP contribution in [0.5, 0.6) is 0 Å². The van der Waals surface area contributed by atoms with Crippen LogP contribution >= 0.6 is 0 Å². The van der Waals surface area contributed by atoms with Crippen molar-refractivity contribution in [1.82, 2.24) is 19.9 Å². The first-order valence-corrected chi connectivity index (χ1v) is 6.18. The van der Waals surface area contributed by atoms with Gasteiger partial charge in [0, 0.05) is 18.8 Å². The van der Waals surface area contributed by atoms with Crippen LogP contribution in [0, 0.1) is 0 Å². The zero-order valence-corrected chi connectivity index (χ0v) is 11.1. The summed E-state index contributed by atoms with van der Waals surface area (Å²) in [6.07, 6.45) is -1.69. The number of hydrogen-bond acceptors (Lipinski definition) is 6. The van der Waals surface area contributed by atoms with E-state index < -0.39 is 12.0 Å². The summed E-state index contributed by atoms with van der Waals surface area (Å²) in [7, 11) is 0. The fraction of sp³-hybridized carbons (Fsp3) is 0.333. The summed E-state index contributed by atoms with van der Waals surface area (Å²) in [6.45, 7) is 2.46. The largest absolute Gasteiger partial charge is 0.451 e. The van der Waals surface area contributed by atoms with Crippen LogP contribution in [0.25, 0.3) is 0 Å². The van der Waals surface area contributed by atoms with E-state index in [1.807, 2.05) is 0 Å². The number of anilines is 2. The molecule has 0 atom stereocenters. The van der Waals surface area contributed by atoms with Crippen LogP contribution in [0.4, 0.5) is 24.8 Å². The van der Waals surface area contributed by atoms with Crippen molar-refractivity contribution >= 4 is 11.6 Å². The third-order valence-electron chi connectivity index (χ3n) is 2.43.